The Morgan fingerprint density at radius 3 is 1.44 bits per heavy atom. The molecule has 0 heterocycles. The van der Waals surface area contributed by atoms with E-state index in [-0.39, 0.29) is 12.2 Å². The van der Waals surface area contributed by atoms with Crippen LogP contribution in [0.2, 0.25) is 0 Å². The van der Waals surface area contributed by atoms with Crippen LogP contribution in [0.1, 0.15) is 6.92 Å². The molecule has 0 unspecified atom stereocenters. The molecule has 9 heteroatoms. The highest BCUT2D eigenvalue weighted by molar-refractivity contribution is 5.85. The molecule has 9 nitrogen and oxygen atoms in total. The quantitative estimate of drug-likeness (QED) is 0.186. The van der Waals surface area contributed by atoms with Crippen LogP contribution in [0.5, 0.6) is 0 Å². The minimum atomic E-state index is -1.00. The largest absolute Gasteiger partial charge is 0.498 e. The number of rotatable bonds is 19. The van der Waals surface area contributed by atoms with Crippen molar-refractivity contribution in [1.82, 2.24) is 0 Å². The van der Waals surface area contributed by atoms with Crippen molar-refractivity contribution in [2.75, 3.05) is 79.3 Å². The molecule has 0 aromatic heterocycles. The van der Waals surface area contributed by atoms with Crippen LogP contribution in [-0.4, -0.2) is 95.5 Å². The number of aliphatic hydroxyl groups is 1. The summed E-state index contributed by atoms with van der Waals surface area (Å²) in [5.74, 6) is -1.00. The summed E-state index contributed by atoms with van der Waals surface area (Å²) in [4.78, 5) is 10.5. The lowest BCUT2D eigenvalue weighted by atomic mass is 10.3. The Morgan fingerprint density at radius 2 is 1.08 bits per heavy atom. The standard InChI is InChI=1S/C16H30O9/c1-15(16(18)19)14-25-13-12-24-11-10-23-9-8-22-7-6-21-5-4-20-3-2-17/h14,17H,2-13H2,1H3,(H,18,19). The summed E-state index contributed by atoms with van der Waals surface area (Å²) in [7, 11) is 0. The number of hydrogen-bond acceptors (Lipinski definition) is 8. The highest BCUT2D eigenvalue weighted by atomic mass is 16.6. The van der Waals surface area contributed by atoms with E-state index in [2.05, 4.69) is 0 Å². The van der Waals surface area contributed by atoms with Crippen molar-refractivity contribution in [1.29, 1.82) is 0 Å². The van der Waals surface area contributed by atoms with Crippen LogP contribution in [0.25, 0.3) is 0 Å². The second kappa shape index (κ2) is 19.1. The number of aliphatic hydroxyl groups excluding tert-OH is 1. The Bertz CT molecular complexity index is 334. The molecule has 0 radical (unpaired) electrons. The van der Waals surface area contributed by atoms with Gasteiger partial charge in [0.2, 0.25) is 0 Å². The molecule has 0 amide bonds. The van der Waals surface area contributed by atoms with E-state index in [0.717, 1.165) is 0 Å². The average molecular weight is 366 g/mol. The third-order valence-corrected chi connectivity index (χ3v) is 2.67. The number of carboxylic acids is 1. The molecule has 2 N–H and O–H groups in total. The Morgan fingerprint density at radius 1 is 0.720 bits per heavy atom. The highest BCUT2D eigenvalue weighted by Gasteiger charge is 1.98. The molecular formula is C16H30O9. The Labute approximate surface area is 148 Å². The first-order chi connectivity index (χ1) is 12.2. The molecular weight excluding hydrogens is 336 g/mol. The Hall–Kier alpha value is -1.23. The summed E-state index contributed by atoms with van der Waals surface area (Å²) in [6.45, 7) is 6.21. The van der Waals surface area contributed by atoms with Gasteiger partial charge in [0.15, 0.2) is 0 Å². The zero-order valence-electron chi connectivity index (χ0n) is 14.8. The molecule has 0 atom stereocenters. The summed E-state index contributed by atoms with van der Waals surface area (Å²) in [6.07, 6.45) is 1.20. The van der Waals surface area contributed by atoms with E-state index in [0.29, 0.717) is 72.7 Å². The first-order valence-corrected chi connectivity index (χ1v) is 8.19. The fraction of sp³-hybridized carbons (Fsp3) is 0.812. The third kappa shape index (κ3) is 18.9. The van der Waals surface area contributed by atoms with Crippen molar-refractivity contribution >= 4 is 5.97 Å². The van der Waals surface area contributed by atoms with E-state index in [1.807, 2.05) is 0 Å². The van der Waals surface area contributed by atoms with Gasteiger partial charge in [-0.1, -0.05) is 0 Å². The molecule has 0 saturated heterocycles. The second-order valence-corrected chi connectivity index (χ2v) is 4.76. The van der Waals surface area contributed by atoms with Crippen LogP contribution < -0.4 is 0 Å². The first-order valence-electron chi connectivity index (χ1n) is 8.19. The van der Waals surface area contributed by atoms with Crippen molar-refractivity contribution in [3.63, 3.8) is 0 Å². The maximum Gasteiger partial charge on any atom is 0.334 e. The lowest BCUT2D eigenvalue weighted by Crippen LogP contribution is -2.14. The smallest absolute Gasteiger partial charge is 0.334 e. The Balaban J connectivity index is 3.10. The summed E-state index contributed by atoms with van der Waals surface area (Å²) in [6, 6.07) is 0. The monoisotopic (exact) mass is 366 g/mol. The van der Waals surface area contributed by atoms with Gasteiger partial charge < -0.3 is 38.6 Å². The van der Waals surface area contributed by atoms with Gasteiger partial charge in [-0.25, -0.2) is 4.79 Å². The van der Waals surface area contributed by atoms with Gasteiger partial charge in [0, 0.05) is 0 Å². The van der Waals surface area contributed by atoms with Crippen LogP contribution in [0.3, 0.4) is 0 Å². The van der Waals surface area contributed by atoms with Crippen LogP contribution in [0.4, 0.5) is 0 Å². The average Bonchev–Trinajstić information content (AvgIpc) is 2.60. The van der Waals surface area contributed by atoms with Crippen LogP contribution in [0, 0.1) is 0 Å². The lowest BCUT2D eigenvalue weighted by molar-refractivity contribution is -0.132. The molecule has 0 aliphatic rings. The molecule has 0 aliphatic heterocycles. The molecule has 0 saturated carbocycles. The number of carbonyl (C=O) groups is 1. The molecule has 25 heavy (non-hydrogen) atoms. The van der Waals surface area contributed by atoms with Gasteiger partial charge in [-0.15, -0.1) is 0 Å². The van der Waals surface area contributed by atoms with Crippen molar-refractivity contribution < 1.29 is 43.4 Å². The lowest BCUT2D eigenvalue weighted by Gasteiger charge is -2.07. The van der Waals surface area contributed by atoms with E-state index in [1.54, 1.807) is 0 Å². The van der Waals surface area contributed by atoms with Crippen molar-refractivity contribution in [2.24, 2.45) is 0 Å². The van der Waals surface area contributed by atoms with Crippen LogP contribution in [0.15, 0.2) is 11.8 Å². The van der Waals surface area contributed by atoms with Gasteiger partial charge in [0.25, 0.3) is 0 Å². The van der Waals surface area contributed by atoms with E-state index < -0.39 is 5.97 Å². The van der Waals surface area contributed by atoms with E-state index in [1.165, 1.54) is 13.2 Å². The van der Waals surface area contributed by atoms with Crippen LogP contribution >= 0.6 is 0 Å². The third-order valence-electron chi connectivity index (χ3n) is 2.67. The predicted molar refractivity (Wildman–Crippen MR) is 88.5 cm³/mol. The van der Waals surface area contributed by atoms with Crippen molar-refractivity contribution in [2.45, 2.75) is 6.92 Å². The van der Waals surface area contributed by atoms with Gasteiger partial charge >= 0.3 is 5.97 Å². The molecule has 148 valence electrons. The maximum absolute atomic E-state index is 10.5. The molecule has 0 spiro atoms. The Kier molecular flexibility index (Phi) is 18.2. The molecule has 0 aromatic carbocycles. The highest BCUT2D eigenvalue weighted by Crippen LogP contribution is 1.92. The van der Waals surface area contributed by atoms with Crippen LogP contribution in [-0.2, 0) is 33.2 Å². The minimum Gasteiger partial charge on any atom is -0.498 e. The first kappa shape index (κ1) is 23.8. The zero-order chi connectivity index (χ0) is 18.6. The topological polar surface area (TPSA) is 113 Å². The second-order valence-electron chi connectivity index (χ2n) is 4.76. The molecule has 0 aliphatic carbocycles. The number of aliphatic carboxylic acids is 1. The van der Waals surface area contributed by atoms with E-state index in [9.17, 15) is 4.79 Å². The molecule has 0 aromatic rings. The maximum atomic E-state index is 10.5. The van der Waals surface area contributed by atoms with E-state index in [4.69, 9.17) is 38.6 Å². The zero-order valence-corrected chi connectivity index (χ0v) is 14.8. The minimum absolute atomic E-state index is 0.0196. The summed E-state index contributed by atoms with van der Waals surface area (Å²) >= 11 is 0. The summed E-state index contributed by atoms with van der Waals surface area (Å²) in [5, 5.41) is 17.1. The normalized spacial score (nSPS) is 11.7. The van der Waals surface area contributed by atoms with Gasteiger partial charge in [-0.2, -0.15) is 0 Å². The number of ether oxygens (including phenoxy) is 6. The van der Waals surface area contributed by atoms with Gasteiger partial charge in [0.05, 0.1) is 84.5 Å². The van der Waals surface area contributed by atoms with Gasteiger partial charge in [0.1, 0.15) is 6.61 Å². The van der Waals surface area contributed by atoms with Gasteiger partial charge in [-0.05, 0) is 6.92 Å². The number of carboxylic acid groups (broad SMARTS) is 1. The molecule has 0 fully saturated rings. The van der Waals surface area contributed by atoms with Crippen molar-refractivity contribution in [3.8, 4) is 0 Å². The molecule has 0 bridgehead atoms. The van der Waals surface area contributed by atoms with E-state index >= 15 is 0 Å². The predicted octanol–water partition coefficient (Wildman–Crippen LogP) is 0.0667. The van der Waals surface area contributed by atoms with Gasteiger partial charge in [-0.3, -0.25) is 0 Å². The molecule has 0 rings (SSSR count). The fourth-order valence-electron chi connectivity index (χ4n) is 1.39. The summed E-state index contributed by atoms with van der Waals surface area (Å²) in [5.41, 5.74) is 0.142. The summed E-state index contributed by atoms with van der Waals surface area (Å²) < 4.78 is 31.2. The SMILES string of the molecule is CC(=COCCOCCOCCOCCOCCOCCO)C(=O)O. The van der Waals surface area contributed by atoms with Crippen molar-refractivity contribution in [3.05, 3.63) is 11.8 Å². The fourth-order valence-corrected chi connectivity index (χ4v) is 1.39. The number of hydrogen-bond donors (Lipinski definition) is 2.